The topological polar surface area (TPSA) is 82.5 Å². The minimum absolute atomic E-state index is 0.0962. The fourth-order valence-electron chi connectivity index (χ4n) is 3.86. The van der Waals surface area contributed by atoms with Crippen molar-refractivity contribution < 1.29 is 14.7 Å². The molecular formula is C21H35N3O3S2. The van der Waals surface area contributed by atoms with Gasteiger partial charge in [-0.2, -0.15) is 0 Å². The van der Waals surface area contributed by atoms with Gasteiger partial charge >= 0.3 is 12.0 Å². The summed E-state index contributed by atoms with van der Waals surface area (Å²) in [7, 11) is 0. The van der Waals surface area contributed by atoms with Crippen molar-refractivity contribution in [2.45, 2.75) is 94.7 Å². The van der Waals surface area contributed by atoms with E-state index in [2.05, 4.69) is 38.0 Å². The Bertz CT molecular complexity index is 697. The van der Waals surface area contributed by atoms with Crippen LogP contribution in [0.2, 0.25) is 0 Å². The summed E-state index contributed by atoms with van der Waals surface area (Å²) in [4.78, 5) is 30.9. The maximum atomic E-state index is 13.2. The van der Waals surface area contributed by atoms with Crippen LogP contribution in [-0.4, -0.2) is 43.8 Å². The molecule has 1 heterocycles. The largest absolute Gasteiger partial charge is 0.480 e. The number of carbonyl (C=O) groups excluding carboxylic acids is 1. The summed E-state index contributed by atoms with van der Waals surface area (Å²) in [5.41, 5.74) is 0. The molecule has 8 heteroatoms. The van der Waals surface area contributed by atoms with E-state index >= 15 is 0 Å². The van der Waals surface area contributed by atoms with E-state index in [1.165, 1.54) is 23.1 Å². The highest BCUT2D eigenvalue weighted by molar-refractivity contribution is 8.03. The highest BCUT2D eigenvalue weighted by atomic mass is 32.2. The minimum atomic E-state index is -0.940. The van der Waals surface area contributed by atoms with E-state index in [9.17, 15) is 14.7 Å². The second-order valence-electron chi connectivity index (χ2n) is 9.13. The van der Waals surface area contributed by atoms with Crippen molar-refractivity contribution in [2.75, 3.05) is 5.32 Å². The van der Waals surface area contributed by atoms with E-state index in [1.807, 2.05) is 4.90 Å². The highest BCUT2D eigenvalue weighted by Gasteiger charge is 2.32. The Labute approximate surface area is 182 Å². The second kappa shape index (κ2) is 10.2. The average Bonchev–Trinajstić information content (AvgIpc) is 3.02. The van der Waals surface area contributed by atoms with Crippen LogP contribution in [0.3, 0.4) is 0 Å². The molecule has 164 valence electrons. The molecule has 0 radical (unpaired) electrons. The number of hydrogen-bond acceptors (Lipinski definition) is 5. The third-order valence-electron chi connectivity index (χ3n) is 5.47. The number of thioether (sulfide) groups is 1. The van der Waals surface area contributed by atoms with E-state index in [0.29, 0.717) is 11.0 Å². The van der Waals surface area contributed by atoms with Gasteiger partial charge in [-0.1, -0.05) is 43.9 Å². The van der Waals surface area contributed by atoms with Crippen LogP contribution >= 0.6 is 23.1 Å². The molecule has 1 fully saturated rings. The monoisotopic (exact) mass is 441 g/mol. The number of aromatic nitrogens is 1. The molecule has 1 aromatic heterocycles. The zero-order valence-electron chi connectivity index (χ0n) is 18.4. The lowest BCUT2D eigenvalue weighted by Crippen LogP contribution is -2.49. The number of hydrogen-bond donors (Lipinski definition) is 2. The fourth-order valence-corrected chi connectivity index (χ4v) is 6.12. The molecule has 1 atom stereocenters. The first-order valence-electron chi connectivity index (χ1n) is 10.5. The van der Waals surface area contributed by atoms with E-state index in [4.69, 9.17) is 0 Å². The van der Waals surface area contributed by atoms with Gasteiger partial charge in [-0.05, 0) is 64.7 Å². The number of anilines is 1. The molecule has 2 N–H and O–H groups in total. The van der Waals surface area contributed by atoms with E-state index in [1.54, 1.807) is 20.0 Å². The quantitative estimate of drug-likeness (QED) is 0.487. The number of urea groups is 1. The van der Waals surface area contributed by atoms with E-state index < -0.39 is 10.7 Å². The van der Waals surface area contributed by atoms with Crippen LogP contribution in [-0.2, 0) is 4.79 Å². The van der Waals surface area contributed by atoms with Gasteiger partial charge in [0, 0.05) is 12.1 Å². The summed E-state index contributed by atoms with van der Waals surface area (Å²) < 4.78 is -0.161. The van der Waals surface area contributed by atoms with Crippen LogP contribution in [0.1, 0.15) is 73.6 Å². The molecule has 2 amide bonds. The van der Waals surface area contributed by atoms with Crippen molar-refractivity contribution in [1.29, 1.82) is 0 Å². The van der Waals surface area contributed by atoms with Crippen LogP contribution in [0.5, 0.6) is 0 Å². The lowest BCUT2D eigenvalue weighted by Gasteiger charge is -2.40. The number of aliphatic carboxylic acids is 1. The summed E-state index contributed by atoms with van der Waals surface area (Å²) in [6.45, 7) is 12.1. The SMILES string of the molecule is CC(C)CC(C)N(C(=O)Nc1ncc(SC(C)(C)C(=O)O)s1)C1CCC(C)CC1. The Kier molecular flexibility index (Phi) is 8.40. The van der Waals surface area contributed by atoms with Gasteiger partial charge in [0.15, 0.2) is 5.13 Å². The zero-order chi connectivity index (χ0) is 21.8. The highest BCUT2D eigenvalue weighted by Crippen LogP contribution is 2.38. The molecule has 0 spiro atoms. The Morgan fingerprint density at radius 1 is 1.31 bits per heavy atom. The average molecular weight is 442 g/mol. The predicted octanol–water partition coefficient (Wildman–Crippen LogP) is 5.95. The van der Waals surface area contributed by atoms with Crippen molar-refractivity contribution in [2.24, 2.45) is 11.8 Å². The van der Waals surface area contributed by atoms with Crippen LogP contribution < -0.4 is 5.32 Å². The van der Waals surface area contributed by atoms with Crippen molar-refractivity contribution in [3.8, 4) is 0 Å². The van der Waals surface area contributed by atoms with Crippen LogP contribution in [0.25, 0.3) is 0 Å². The Hall–Kier alpha value is -1.28. The molecule has 2 rings (SSSR count). The van der Waals surface area contributed by atoms with Crippen molar-refractivity contribution in [3.63, 3.8) is 0 Å². The first-order valence-corrected chi connectivity index (χ1v) is 12.1. The normalized spacial score (nSPS) is 21.1. The zero-order valence-corrected chi connectivity index (χ0v) is 20.0. The lowest BCUT2D eigenvalue weighted by molar-refractivity contribution is -0.138. The number of carbonyl (C=O) groups is 2. The fraction of sp³-hybridized carbons (Fsp3) is 0.762. The van der Waals surface area contributed by atoms with Crippen molar-refractivity contribution in [1.82, 2.24) is 9.88 Å². The number of rotatable bonds is 8. The van der Waals surface area contributed by atoms with Crippen molar-refractivity contribution >= 4 is 40.2 Å². The van der Waals surface area contributed by atoms with Gasteiger partial charge < -0.3 is 10.0 Å². The number of thiazole rings is 1. The van der Waals surface area contributed by atoms with Gasteiger partial charge in [0.25, 0.3) is 0 Å². The van der Waals surface area contributed by atoms with Crippen LogP contribution in [0.4, 0.5) is 9.93 Å². The molecule has 0 bridgehead atoms. The van der Waals surface area contributed by atoms with E-state index in [0.717, 1.165) is 42.2 Å². The summed E-state index contributed by atoms with van der Waals surface area (Å²) in [5.74, 6) is 0.373. The number of nitrogens with zero attached hydrogens (tertiary/aromatic N) is 2. The van der Waals surface area contributed by atoms with Gasteiger partial charge in [0.2, 0.25) is 0 Å². The molecule has 1 saturated carbocycles. The maximum absolute atomic E-state index is 13.2. The number of carboxylic acid groups (broad SMARTS) is 1. The molecular weight excluding hydrogens is 406 g/mol. The maximum Gasteiger partial charge on any atom is 0.324 e. The molecule has 1 unspecified atom stereocenters. The molecule has 0 aromatic carbocycles. The predicted molar refractivity (Wildman–Crippen MR) is 121 cm³/mol. The summed E-state index contributed by atoms with van der Waals surface area (Å²) in [5, 5.41) is 12.8. The van der Waals surface area contributed by atoms with Gasteiger partial charge in [0.05, 0.1) is 10.4 Å². The first-order chi connectivity index (χ1) is 13.5. The lowest BCUT2D eigenvalue weighted by atomic mass is 9.85. The van der Waals surface area contributed by atoms with Gasteiger partial charge in [-0.15, -0.1) is 0 Å². The summed E-state index contributed by atoms with van der Waals surface area (Å²) in [6.07, 6.45) is 7.01. The van der Waals surface area contributed by atoms with Gasteiger partial charge in [-0.3, -0.25) is 10.1 Å². The summed E-state index contributed by atoms with van der Waals surface area (Å²) >= 11 is 2.57. The van der Waals surface area contributed by atoms with Gasteiger partial charge in [0.1, 0.15) is 4.75 Å². The smallest absolute Gasteiger partial charge is 0.324 e. The molecule has 1 aliphatic rings. The second-order valence-corrected chi connectivity index (χ2v) is 12.1. The standard InChI is InChI=1S/C21H35N3O3S2/c1-13(2)11-15(4)24(16-9-7-14(3)8-10-16)20(27)23-19-22-12-17(28-19)29-21(5,6)18(25)26/h12-16H,7-11H2,1-6H3,(H,25,26)(H,22,23,27). The van der Waals surface area contributed by atoms with E-state index in [-0.39, 0.29) is 18.1 Å². The molecule has 6 nitrogen and oxygen atoms in total. The summed E-state index contributed by atoms with van der Waals surface area (Å²) in [6, 6.07) is 0.328. The third-order valence-corrected chi connectivity index (χ3v) is 7.67. The molecule has 1 aliphatic carbocycles. The number of carboxylic acids is 1. The number of amides is 2. The Balaban J connectivity index is 2.10. The Morgan fingerprint density at radius 3 is 2.48 bits per heavy atom. The number of nitrogens with one attached hydrogen (secondary N) is 1. The van der Waals surface area contributed by atoms with Gasteiger partial charge in [-0.25, -0.2) is 9.78 Å². The third kappa shape index (κ3) is 6.88. The Morgan fingerprint density at radius 2 is 1.93 bits per heavy atom. The molecule has 1 aromatic rings. The molecule has 0 saturated heterocycles. The van der Waals surface area contributed by atoms with Crippen LogP contribution in [0.15, 0.2) is 10.4 Å². The minimum Gasteiger partial charge on any atom is -0.480 e. The first kappa shape index (κ1) is 24.0. The molecule has 29 heavy (non-hydrogen) atoms. The van der Waals surface area contributed by atoms with Crippen molar-refractivity contribution in [3.05, 3.63) is 6.20 Å². The molecule has 0 aliphatic heterocycles. The van der Waals surface area contributed by atoms with Crippen LogP contribution in [0, 0.1) is 11.8 Å².